The fraction of sp³-hybridized carbons (Fsp3) is 0.121. The lowest BCUT2D eigenvalue weighted by atomic mass is 10.1. The van der Waals surface area contributed by atoms with Gasteiger partial charge in [-0.3, -0.25) is 24.5 Å². The highest BCUT2D eigenvalue weighted by molar-refractivity contribution is 8.00. The first kappa shape index (κ1) is 30.7. The van der Waals surface area contributed by atoms with E-state index in [9.17, 15) is 24.5 Å². The third-order valence-corrected chi connectivity index (χ3v) is 7.58. The zero-order chi connectivity index (χ0) is 30.9. The quantitative estimate of drug-likeness (QED) is 0.0807. The summed E-state index contributed by atoms with van der Waals surface area (Å²) in [5.74, 6) is -1.18. The van der Waals surface area contributed by atoms with E-state index in [1.807, 2.05) is 39.0 Å². The highest BCUT2D eigenvalue weighted by Crippen LogP contribution is 2.27. The number of benzene rings is 4. The van der Waals surface area contributed by atoms with Crippen molar-refractivity contribution in [1.82, 2.24) is 5.32 Å². The molecule has 0 heterocycles. The van der Waals surface area contributed by atoms with E-state index in [1.165, 1.54) is 42.1 Å². The highest BCUT2D eigenvalue weighted by atomic mass is 32.2. The topological polar surface area (TPSA) is 130 Å². The number of carbonyl (C=O) groups excluding carboxylic acids is 3. The molecule has 218 valence electrons. The van der Waals surface area contributed by atoms with Crippen LogP contribution in [0.2, 0.25) is 0 Å². The zero-order valence-electron chi connectivity index (χ0n) is 23.8. The number of amides is 3. The van der Waals surface area contributed by atoms with Gasteiger partial charge in [-0.05, 0) is 92.1 Å². The molecular weight excluding hydrogens is 564 g/mol. The lowest BCUT2D eigenvalue weighted by Crippen LogP contribution is -2.30. The summed E-state index contributed by atoms with van der Waals surface area (Å²) < 4.78 is 0. The minimum Gasteiger partial charge on any atom is -0.325 e. The fourth-order valence-electron chi connectivity index (χ4n) is 4.11. The van der Waals surface area contributed by atoms with E-state index in [4.69, 9.17) is 0 Å². The van der Waals surface area contributed by atoms with Crippen LogP contribution in [0.1, 0.15) is 34.0 Å². The molecule has 1 unspecified atom stereocenters. The molecule has 10 heteroatoms. The van der Waals surface area contributed by atoms with Gasteiger partial charge in [0, 0.05) is 34.0 Å². The fourth-order valence-corrected chi connectivity index (χ4v) is 4.98. The van der Waals surface area contributed by atoms with Crippen LogP contribution < -0.4 is 16.0 Å². The van der Waals surface area contributed by atoms with Crippen molar-refractivity contribution in [3.8, 4) is 0 Å². The van der Waals surface area contributed by atoms with Gasteiger partial charge in [0.1, 0.15) is 5.70 Å². The molecule has 0 aliphatic heterocycles. The Morgan fingerprint density at radius 1 is 0.814 bits per heavy atom. The molecule has 3 amide bonds. The van der Waals surface area contributed by atoms with Gasteiger partial charge < -0.3 is 16.0 Å². The van der Waals surface area contributed by atoms with Crippen molar-refractivity contribution in [1.29, 1.82) is 0 Å². The number of rotatable bonds is 10. The molecule has 0 aromatic heterocycles. The van der Waals surface area contributed by atoms with Crippen LogP contribution in [0.5, 0.6) is 0 Å². The number of hydrogen-bond acceptors (Lipinski definition) is 6. The number of non-ortho nitro benzene ring substituents is 1. The first-order valence-corrected chi connectivity index (χ1v) is 14.3. The minimum atomic E-state index is -0.579. The van der Waals surface area contributed by atoms with Crippen LogP contribution in [-0.4, -0.2) is 27.9 Å². The second-order valence-electron chi connectivity index (χ2n) is 9.72. The summed E-state index contributed by atoms with van der Waals surface area (Å²) in [5, 5.41) is 19.1. The van der Waals surface area contributed by atoms with Gasteiger partial charge in [-0.15, -0.1) is 11.8 Å². The van der Waals surface area contributed by atoms with Crippen LogP contribution in [0.4, 0.5) is 17.1 Å². The molecule has 0 aliphatic rings. The van der Waals surface area contributed by atoms with E-state index in [0.29, 0.717) is 16.8 Å². The second-order valence-corrected chi connectivity index (χ2v) is 11.1. The van der Waals surface area contributed by atoms with Crippen molar-refractivity contribution in [3.63, 3.8) is 0 Å². The Hall–Kier alpha value is -5.22. The summed E-state index contributed by atoms with van der Waals surface area (Å²) in [6, 6.07) is 26.9. The Morgan fingerprint density at radius 3 is 2.05 bits per heavy atom. The maximum Gasteiger partial charge on any atom is 0.272 e. The summed E-state index contributed by atoms with van der Waals surface area (Å²) in [5.41, 5.74) is 4.00. The van der Waals surface area contributed by atoms with Crippen LogP contribution in [0.15, 0.2) is 108 Å². The summed E-state index contributed by atoms with van der Waals surface area (Å²) in [7, 11) is 0. The number of carbonyl (C=O) groups is 3. The predicted molar refractivity (Wildman–Crippen MR) is 170 cm³/mol. The lowest BCUT2D eigenvalue weighted by molar-refractivity contribution is -0.384. The Labute approximate surface area is 253 Å². The predicted octanol–water partition coefficient (Wildman–Crippen LogP) is 6.74. The maximum absolute atomic E-state index is 13.3. The van der Waals surface area contributed by atoms with E-state index in [0.717, 1.165) is 21.7 Å². The minimum absolute atomic E-state index is 0.0436. The molecule has 43 heavy (non-hydrogen) atoms. The summed E-state index contributed by atoms with van der Waals surface area (Å²) in [6.07, 6.45) is 1.45. The molecule has 3 N–H and O–H groups in total. The van der Waals surface area contributed by atoms with Gasteiger partial charge in [-0.2, -0.15) is 0 Å². The third-order valence-electron chi connectivity index (χ3n) is 6.47. The molecule has 9 nitrogen and oxygen atoms in total. The van der Waals surface area contributed by atoms with E-state index in [2.05, 4.69) is 16.0 Å². The number of nitrogens with zero attached hydrogens (tertiary/aromatic N) is 1. The maximum atomic E-state index is 13.3. The standard InChI is InChI=1S/C33H30N4O5S/c1-21-8-7-9-22(2)30(21)36-31(38)23(3)43-28-18-14-26(15-19-28)34-33(40)29(35-32(39)25-10-5-4-6-11-25)20-24-12-16-27(17-13-24)37(41)42/h4-20,23H,1-3H3,(H,34,40)(H,35,39)(H,36,38)/b29-20-. The number of anilines is 2. The number of nitro benzene ring substituents is 1. The van der Waals surface area contributed by atoms with Crippen LogP contribution in [-0.2, 0) is 9.59 Å². The molecule has 0 fully saturated rings. The number of nitrogens with one attached hydrogen (secondary N) is 3. The van der Waals surface area contributed by atoms with Crippen LogP contribution in [0, 0.1) is 24.0 Å². The Kier molecular flexibility index (Phi) is 10.1. The van der Waals surface area contributed by atoms with Gasteiger partial charge in [-0.1, -0.05) is 36.4 Å². The Morgan fingerprint density at radius 2 is 1.44 bits per heavy atom. The van der Waals surface area contributed by atoms with Crippen molar-refractivity contribution in [3.05, 3.63) is 135 Å². The number of hydrogen-bond donors (Lipinski definition) is 3. The Bertz CT molecular complexity index is 1650. The smallest absolute Gasteiger partial charge is 0.272 e. The molecule has 4 aromatic carbocycles. The first-order valence-electron chi connectivity index (χ1n) is 13.4. The number of aryl methyl sites for hydroxylation is 2. The van der Waals surface area contributed by atoms with Gasteiger partial charge >= 0.3 is 0 Å². The van der Waals surface area contributed by atoms with Gasteiger partial charge in [0.25, 0.3) is 17.5 Å². The molecule has 0 radical (unpaired) electrons. The van der Waals surface area contributed by atoms with Crippen molar-refractivity contribution in [2.45, 2.75) is 30.9 Å². The van der Waals surface area contributed by atoms with Gasteiger partial charge in [0.15, 0.2) is 0 Å². The van der Waals surface area contributed by atoms with Crippen LogP contribution >= 0.6 is 11.8 Å². The average molecular weight is 595 g/mol. The molecular formula is C33H30N4O5S. The van der Waals surface area contributed by atoms with E-state index in [1.54, 1.807) is 54.6 Å². The summed E-state index contributed by atoms with van der Waals surface area (Å²) >= 11 is 1.39. The van der Waals surface area contributed by atoms with Crippen molar-refractivity contribution in [2.24, 2.45) is 0 Å². The number of thioether (sulfide) groups is 1. The van der Waals surface area contributed by atoms with E-state index in [-0.39, 0.29) is 22.5 Å². The van der Waals surface area contributed by atoms with Crippen molar-refractivity contribution < 1.29 is 19.3 Å². The molecule has 0 saturated carbocycles. The summed E-state index contributed by atoms with van der Waals surface area (Å²) in [4.78, 5) is 50.3. The molecule has 4 rings (SSSR count). The van der Waals surface area contributed by atoms with E-state index < -0.39 is 16.7 Å². The zero-order valence-corrected chi connectivity index (χ0v) is 24.6. The van der Waals surface area contributed by atoms with Gasteiger partial charge in [0.05, 0.1) is 10.2 Å². The SMILES string of the molecule is Cc1cccc(C)c1NC(=O)C(C)Sc1ccc(NC(=O)/C(=C/c2ccc([N+](=O)[O-])cc2)NC(=O)c2ccccc2)cc1. The second kappa shape index (κ2) is 14.1. The van der Waals surface area contributed by atoms with Crippen LogP contribution in [0.25, 0.3) is 6.08 Å². The molecule has 0 aliphatic carbocycles. The lowest BCUT2D eigenvalue weighted by Gasteiger charge is -2.16. The normalized spacial score (nSPS) is 11.7. The van der Waals surface area contributed by atoms with Gasteiger partial charge in [0.2, 0.25) is 5.91 Å². The highest BCUT2D eigenvalue weighted by Gasteiger charge is 2.18. The Balaban J connectivity index is 1.45. The largest absolute Gasteiger partial charge is 0.325 e. The molecule has 0 saturated heterocycles. The number of para-hydroxylation sites is 1. The van der Waals surface area contributed by atoms with Crippen LogP contribution in [0.3, 0.4) is 0 Å². The molecule has 0 bridgehead atoms. The van der Waals surface area contributed by atoms with Crippen molar-refractivity contribution >= 4 is 52.6 Å². The average Bonchev–Trinajstić information content (AvgIpc) is 3.00. The third kappa shape index (κ3) is 8.40. The van der Waals surface area contributed by atoms with E-state index >= 15 is 0 Å². The molecule has 1 atom stereocenters. The van der Waals surface area contributed by atoms with Crippen molar-refractivity contribution in [2.75, 3.05) is 10.6 Å². The number of nitro groups is 1. The molecule has 4 aromatic rings. The first-order chi connectivity index (χ1) is 20.6. The monoisotopic (exact) mass is 594 g/mol. The van der Waals surface area contributed by atoms with Gasteiger partial charge in [-0.25, -0.2) is 0 Å². The summed E-state index contributed by atoms with van der Waals surface area (Å²) in [6.45, 7) is 5.73. The molecule has 0 spiro atoms.